The van der Waals surface area contributed by atoms with Gasteiger partial charge in [0.25, 0.3) is 5.91 Å². The molecule has 0 saturated carbocycles. The largest absolute Gasteiger partial charge is 0.480 e. The van der Waals surface area contributed by atoms with Crippen molar-refractivity contribution in [2.75, 3.05) is 38.7 Å². The van der Waals surface area contributed by atoms with Crippen LogP contribution in [0.15, 0.2) is 36.9 Å². The number of aromatic nitrogens is 3. The molecule has 2 aromatic rings. The zero-order chi connectivity index (χ0) is 18.6. The van der Waals surface area contributed by atoms with Gasteiger partial charge in [-0.05, 0) is 25.0 Å². The van der Waals surface area contributed by atoms with Crippen LogP contribution in [0, 0.1) is 0 Å². The van der Waals surface area contributed by atoms with Gasteiger partial charge in [-0.3, -0.25) is 9.78 Å². The first-order valence-corrected chi connectivity index (χ1v) is 8.50. The van der Waals surface area contributed by atoms with E-state index in [-0.39, 0.29) is 18.3 Å². The fourth-order valence-corrected chi connectivity index (χ4v) is 3.33. The number of rotatable bonds is 5. The van der Waals surface area contributed by atoms with Gasteiger partial charge < -0.3 is 19.6 Å². The Balaban J connectivity index is 1.71. The number of piperidine rings is 1. The van der Waals surface area contributed by atoms with Crippen LogP contribution in [0.5, 0.6) is 5.88 Å². The number of β-amino-alcohol motifs (C(OH)–C–C–N with tert-alkyl or cyclic N) is 1. The molecule has 0 aliphatic carbocycles. The van der Waals surface area contributed by atoms with E-state index >= 15 is 0 Å². The lowest BCUT2D eigenvalue weighted by Gasteiger charge is -2.41. The summed E-state index contributed by atoms with van der Waals surface area (Å²) in [6.07, 6.45) is 7.93. The third-order valence-corrected chi connectivity index (χ3v) is 4.50. The van der Waals surface area contributed by atoms with Gasteiger partial charge in [-0.25, -0.2) is 9.97 Å². The fourth-order valence-electron chi connectivity index (χ4n) is 3.33. The molecule has 1 saturated heterocycles. The van der Waals surface area contributed by atoms with Crippen LogP contribution in [0.3, 0.4) is 0 Å². The summed E-state index contributed by atoms with van der Waals surface area (Å²) in [4.78, 5) is 28.7. The van der Waals surface area contributed by atoms with Crippen molar-refractivity contribution in [2.24, 2.45) is 0 Å². The number of nitrogens with zero attached hydrogens (tertiary/aromatic N) is 5. The molecule has 0 radical (unpaired) electrons. The summed E-state index contributed by atoms with van der Waals surface area (Å²) in [5.41, 5.74) is -0.641. The predicted octanol–water partition coefficient (Wildman–Crippen LogP) is 0.984. The lowest BCUT2D eigenvalue weighted by atomic mass is 9.92. The van der Waals surface area contributed by atoms with Gasteiger partial charge in [0.2, 0.25) is 5.88 Å². The van der Waals surface area contributed by atoms with E-state index in [1.54, 1.807) is 44.0 Å². The smallest absolute Gasteiger partial charge is 0.259 e. The number of methoxy groups -OCH3 is 1. The number of aliphatic hydroxyl groups is 1. The number of likely N-dealkylation sites (N-methyl/N-ethyl adjacent to an activating group) is 1. The molecular weight excluding hydrogens is 334 g/mol. The van der Waals surface area contributed by atoms with E-state index in [4.69, 9.17) is 4.74 Å². The highest BCUT2D eigenvalue weighted by atomic mass is 16.5. The van der Waals surface area contributed by atoms with Crippen LogP contribution in [0.2, 0.25) is 0 Å². The number of pyridine rings is 1. The predicted molar refractivity (Wildman–Crippen MR) is 96.2 cm³/mol. The van der Waals surface area contributed by atoms with Crippen LogP contribution in [0.4, 0.5) is 5.82 Å². The molecule has 0 unspecified atom stereocenters. The molecule has 138 valence electrons. The summed E-state index contributed by atoms with van der Waals surface area (Å²) in [6.45, 7) is 1.41. The first-order valence-electron chi connectivity index (χ1n) is 8.50. The maximum absolute atomic E-state index is 12.8. The molecule has 8 nitrogen and oxygen atoms in total. The molecule has 1 atom stereocenters. The van der Waals surface area contributed by atoms with E-state index in [0.29, 0.717) is 18.5 Å². The average Bonchev–Trinajstić information content (AvgIpc) is 2.67. The molecule has 3 rings (SSSR count). The first-order chi connectivity index (χ1) is 12.5. The number of carbonyl (C=O) groups is 1. The van der Waals surface area contributed by atoms with Crippen molar-refractivity contribution in [3.63, 3.8) is 0 Å². The molecule has 1 amide bonds. The van der Waals surface area contributed by atoms with E-state index in [1.165, 1.54) is 12.0 Å². The van der Waals surface area contributed by atoms with Crippen LogP contribution in [-0.4, -0.2) is 70.3 Å². The Morgan fingerprint density at radius 1 is 1.38 bits per heavy atom. The highest BCUT2D eigenvalue weighted by molar-refractivity contribution is 5.96. The molecule has 1 fully saturated rings. The summed E-state index contributed by atoms with van der Waals surface area (Å²) in [6, 6.07) is 3.36. The summed E-state index contributed by atoms with van der Waals surface area (Å²) in [7, 11) is 3.15. The second kappa shape index (κ2) is 7.65. The minimum absolute atomic E-state index is 0.209. The minimum atomic E-state index is -1.02. The van der Waals surface area contributed by atoms with Crippen LogP contribution < -0.4 is 9.64 Å². The number of hydrogen-bond acceptors (Lipinski definition) is 7. The Bertz CT molecular complexity index is 758. The number of anilines is 1. The standard InChI is InChI=1S/C18H23N5O3/c1-22(17(24)14-5-3-7-21-16(14)26-2)12-18(25)6-4-10-23(13-18)15-11-19-8-9-20-15/h3,5,7-9,11,25H,4,6,10,12-13H2,1-2H3/t18-/m1/s1. The van der Waals surface area contributed by atoms with Gasteiger partial charge in [0.1, 0.15) is 11.4 Å². The highest BCUT2D eigenvalue weighted by Gasteiger charge is 2.36. The molecule has 0 aromatic carbocycles. The summed E-state index contributed by atoms with van der Waals surface area (Å²) >= 11 is 0. The number of hydrogen-bond donors (Lipinski definition) is 1. The topological polar surface area (TPSA) is 91.7 Å². The molecule has 1 N–H and O–H groups in total. The number of ether oxygens (including phenoxy) is 1. The van der Waals surface area contributed by atoms with Crippen LogP contribution >= 0.6 is 0 Å². The molecule has 2 aromatic heterocycles. The molecule has 8 heteroatoms. The molecule has 0 spiro atoms. The van der Waals surface area contributed by atoms with Gasteiger partial charge in [0.15, 0.2) is 0 Å². The lowest BCUT2D eigenvalue weighted by molar-refractivity contribution is -0.000242. The van der Waals surface area contributed by atoms with Crippen molar-refractivity contribution >= 4 is 11.7 Å². The summed E-state index contributed by atoms with van der Waals surface area (Å²) < 4.78 is 5.16. The third-order valence-electron chi connectivity index (χ3n) is 4.50. The molecule has 1 aliphatic rings. The molecule has 0 bridgehead atoms. The monoisotopic (exact) mass is 357 g/mol. The van der Waals surface area contributed by atoms with Crippen molar-refractivity contribution in [3.05, 3.63) is 42.5 Å². The van der Waals surface area contributed by atoms with Crippen LogP contribution in [0.1, 0.15) is 23.2 Å². The molecule has 3 heterocycles. The van der Waals surface area contributed by atoms with Gasteiger partial charge in [-0.1, -0.05) is 0 Å². The van der Waals surface area contributed by atoms with E-state index in [0.717, 1.165) is 18.8 Å². The van der Waals surface area contributed by atoms with E-state index in [2.05, 4.69) is 15.0 Å². The van der Waals surface area contributed by atoms with Gasteiger partial charge in [-0.2, -0.15) is 0 Å². The highest BCUT2D eigenvalue weighted by Crippen LogP contribution is 2.26. The van der Waals surface area contributed by atoms with Gasteiger partial charge >= 0.3 is 0 Å². The Kier molecular flexibility index (Phi) is 5.32. The Hall–Kier alpha value is -2.74. The number of amides is 1. The van der Waals surface area contributed by atoms with Crippen molar-refractivity contribution in [1.29, 1.82) is 0 Å². The van der Waals surface area contributed by atoms with Crippen LogP contribution in [0.25, 0.3) is 0 Å². The lowest BCUT2D eigenvalue weighted by Crippen LogP contribution is -2.55. The van der Waals surface area contributed by atoms with E-state index in [9.17, 15) is 9.90 Å². The fraction of sp³-hybridized carbons (Fsp3) is 0.444. The van der Waals surface area contributed by atoms with Gasteiger partial charge in [-0.15, -0.1) is 0 Å². The Labute approximate surface area is 152 Å². The van der Waals surface area contributed by atoms with Crippen molar-refractivity contribution in [1.82, 2.24) is 19.9 Å². The molecule has 26 heavy (non-hydrogen) atoms. The first kappa shape index (κ1) is 18.1. The Morgan fingerprint density at radius 2 is 2.23 bits per heavy atom. The zero-order valence-corrected chi connectivity index (χ0v) is 15.0. The summed E-state index contributed by atoms with van der Waals surface area (Å²) in [5, 5.41) is 11.1. The van der Waals surface area contributed by atoms with Crippen molar-refractivity contribution in [3.8, 4) is 5.88 Å². The number of carbonyl (C=O) groups excluding carboxylic acids is 1. The van der Waals surface area contributed by atoms with E-state index < -0.39 is 5.60 Å². The maximum atomic E-state index is 12.8. The maximum Gasteiger partial charge on any atom is 0.259 e. The van der Waals surface area contributed by atoms with E-state index in [1.807, 2.05) is 4.90 Å². The normalized spacial score (nSPS) is 19.9. The van der Waals surface area contributed by atoms with Gasteiger partial charge in [0.05, 0.1) is 25.5 Å². The van der Waals surface area contributed by atoms with Crippen LogP contribution in [-0.2, 0) is 0 Å². The minimum Gasteiger partial charge on any atom is -0.480 e. The van der Waals surface area contributed by atoms with Crippen molar-refractivity contribution < 1.29 is 14.6 Å². The SMILES string of the molecule is COc1ncccc1C(=O)N(C)C[C@]1(O)CCCN(c2cnccn2)C1. The Morgan fingerprint density at radius 3 is 2.96 bits per heavy atom. The average molecular weight is 357 g/mol. The van der Waals surface area contributed by atoms with Gasteiger partial charge in [0, 0.05) is 38.7 Å². The second-order valence-electron chi connectivity index (χ2n) is 6.53. The molecular formula is C18H23N5O3. The summed E-state index contributed by atoms with van der Waals surface area (Å²) in [5.74, 6) is 0.773. The zero-order valence-electron chi connectivity index (χ0n) is 15.0. The third kappa shape index (κ3) is 3.91. The quantitative estimate of drug-likeness (QED) is 0.853. The van der Waals surface area contributed by atoms with Crippen molar-refractivity contribution in [2.45, 2.75) is 18.4 Å². The molecule has 1 aliphatic heterocycles. The second-order valence-corrected chi connectivity index (χ2v) is 6.53.